The molecule has 19 heavy (non-hydrogen) atoms. The van der Waals surface area contributed by atoms with Crippen LogP contribution in [0.3, 0.4) is 0 Å². The molecular formula is C14H23NO4. The monoisotopic (exact) mass is 269 g/mol. The molecule has 0 atom stereocenters. The average molecular weight is 269 g/mol. The number of methoxy groups -OCH3 is 3. The summed E-state index contributed by atoms with van der Waals surface area (Å²) in [6.07, 6.45) is 0. The quantitative estimate of drug-likeness (QED) is 0.781. The summed E-state index contributed by atoms with van der Waals surface area (Å²) < 4.78 is 15.4. The molecule has 0 aliphatic carbocycles. The van der Waals surface area contributed by atoms with E-state index in [1.54, 1.807) is 7.11 Å². The lowest BCUT2D eigenvalue weighted by Gasteiger charge is -2.21. The highest BCUT2D eigenvalue weighted by Gasteiger charge is 2.12. The van der Waals surface area contributed by atoms with Gasteiger partial charge >= 0.3 is 0 Å². The lowest BCUT2D eigenvalue weighted by molar-refractivity contribution is 0.147. The van der Waals surface area contributed by atoms with Gasteiger partial charge in [-0.1, -0.05) is 6.92 Å². The molecule has 0 unspecified atom stereocenters. The number of ether oxygens (including phenoxy) is 3. The van der Waals surface area contributed by atoms with E-state index in [4.69, 9.17) is 14.2 Å². The molecule has 0 fully saturated rings. The summed E-state index contributed by atoms with van der Waals surface area (Å²) in [5, 5.41) is 9.86. The van der Waals surface area contributed by atoms with Crippen LogP contribution in [0.1, 0.15) is 12.5 Å². The Morgan fingerprint density at radius 2 is 1.68 bits per heavy atom. The molecule has 0 radical (unpaired) electrons. The second kappa shape index (κ2) is 7.86. The van der Waals surface area contributed by atoms with Crippen LogP contribution in [0.15, 0.2) is 12.1 Å². The summed E-state index contributed by atoms with van der Waals surface area (Å²) in [5.41, 5.74) is 1.03. The Bertz CT molecular complexity index is 370. The van der Waals surface area contributed by atoms with E-state index in [0.717, 1.165) is 25.2 Å². The molecule has 1 aromatic rings. The number of nitrogens with zero attached hydrogens (tertiary/aromatic N) is 1. The largest absolute Gasteiger partial charge is 0.502 e. The Labute approximate surface area is 114 Å². The maximum absolute atomic E-state index is 9.86. The zero-order chi connectivity index (χ0) is 14.3. The van der Waals surface area contributed by atoms with Gasteiger partial charge in [0.25, 0.3) is 0 Å². The van der Waals surface area contributed by atoms with Crippen LogP contribution < -0.4 is 9.47 Å². The topological polar surface area (TPSA) is 51.2 Å². The molecule has 0 amide bonds. The van der Waals surface area contributed by atoms with Crippen LogP contribution in [0.2, 0.25) is 0 Å². The van der Waals surface area contributed by atoms with Crippen LogP contribution >= 0.6 is 0 Å². The predicted molar refractivity (Wildman–Crippen MR) is 74.0 cm³/mol. The van der Waals surface area contributed by atoms with Crippen LogP contribution in [0.4, 0.5) is 0 Å². The van der Waals surface area contributed by atoms with Crippen molar-refractivity contribution >= 4 is 0 Å². The van der Waals surface area contributed by atoms with Crippen molar-refractivity contribution in [3.05, 3.63) is 17.7 Å². The average Bonchev–Trinajstić information content (AvgIpc) is 2.44. The Kier molecular flexibility index (Phi) is 6.45. The maximum Gasteiger partial charge on any atom is 0.200 e. The maximum atomic E-state index is 9.86. The van der Waals surface area contributed by atoms with Crippen LogP contribution in [0, 0.1) is 0 Å². The number of hydrogen-bond acceptors (Lipinski definition) is 5. The zero-order valence-electron chi connectivity index (χ0n) is 12.1. The summed E-state index contributed by atoms with van der Waals surface area (Å²) in [5.74, 6) is 0.892. The minimum Gasteiger partial charge on any atom is -0.502 e. The highest BCUT2D eigenvalue weighted by Crippen LogP contribution is 2.37. The normalized spacial score (nSPS) is 10.8. The molecule has 108 valence electrons. The van der Waals surface area contributed by atoms with Crippen LogP contribution in [0.25, 0.3) is 0 Å². The minimum absolute atomic E-state index is 0.0358. The van der Waals surface area contributed by atoms with Gasteiger partial charge in [-0.25, -0.2) is 0 Å². The van der Waals surface area contributed by atoms with Crippen molar-refractivity contribution in [2.45, 2.75) is 13.5 Å². The zero-order valence-corrected chi connectivity index (χ0v) is 12.1. The third-order valence-corrected chi connectivity index (χ3v) is 3.00. The Hall–Kier alpha value is -1.46. The lowest BCUT2D eigenvalue weighted by Crippen LogP contribution is -2.26. The molecule has 5 nitrogen and oxygen atoms in total. The molecule has 0 aliphatic heterocycles. The second-order valence-corrected chi connectivity index (χ2v) is 4.21. The van der Waals surface area contributed by atoms with E-state index in [-0.39, 0.29) is 5.75 Å². The molecule has 0 heterocycles. The predicted octanol–water partition coefficient (Wildman–Crippen LogP) is 1.88. The van der Waals surface area contributed by atoms with Gasteiger partial charge in [-0.05, 0) is 24.2 Å². The van der Waals surface area contributed by atoms with Gasteiger partial charge in [-0.3, -0.25) is 4.90 Å². The second-order valence-electron chi connectivity index (χ2n) is 4.21. The third kappa shape index (κ3) is 4.29. The summed E-state index contributed by atoms with van der Waals surface area (Å²) in [6, 6.07) is 3.65. The highest BCUT2D eigenvalue weighted by molar-refractivity contribution is 5.52. The number of phenolic OH excluding ortho intramolecular Hbond substituents is 1. The molecule has 0 aromatic heterocycles. The van der Waals surface area contributed by atoms with E-state index >= 15 is 0 Å². The van der Waals surface area contributed by atoms with Gasteiger partial charge in [-0.15, -0.1) is 0 Å². The Morgan fingerprint density at radius 1 is 1.11 bits per heavy atom. The van der Waals surface area contributed by atoms with E-state index in [2.05, 4.69) is 11.8 Å². The Morgan fingerprint density at radius 3 is 2.11 bits per heavy atom. The molecule has 5 heteroatoms. The molecular weight excluding hydrogens is 246 g/mol. The summed E-state index contributed by atoms with van der Waals surface area (Å²) in [7, 11) is 4.75. The number of benzene rings is 1. The Balaban J connectivity index is 2.87. The van der Waals surface area contributed by atoms with E-state index < -0.39 is 0 Å². The smallest absolute Gasteiger partial charge is 0.200 e. The van der Waals surface area contributed by atoms with Gasteiger partial charge < -0.3 is 19.3 Å². The number of phenols is 1. The molecule has 0 spiro atoms. The first-order valence-corrected chi connectivity index (χ1v) is 6.31. The highest BCUT2D eigenvalue weighted by atomic mass is 16.5. The first-order chi connectivity index (χ1) is 9.15. The van der Waals surface area contributed by atoms with Gasteiger partial charge in [-0.2, -0.15) is 0 Å². The number of rotatable bonds is 8. The van der Waals surface area contributed by atoms with Gasteiger partial charge in [0.1, 0.15) is 0 Å². The van der Waals surface area contributed by atoms with Crippen molar-refractivity contribution in [1.29, 1.82) is 0 Å². The number of aromatic hydroxyl groups is 1. The van der Waals surface area contributed by atoms with Crippen molar-refractivity contribution in [1.82, 2.24) is 4.90 Å². The molecule has 1 N–H and O–H groups in total. The SMILES string of the molecule is CCN(CCOC)Cc1cc(OC)c(O)c(OC)c1. The van der Waals surface area contributed by atoms with Crippen LogP contribution in [-0.2, 0) is 11.3 Å². The van der Waals surface area contributed by atoms with Crippen LogP contribution in [0.5, 0.6) is 17.2 Å². The van der Waals surface area contributed by atoms with Crippen molar-refractivity contribution in [3.8, 4) is 17.2 Å². The van der Waals surface area contributed by atoms with Gasteiger partial charge in [0, 0.05) is 20.2 Å². The molecule has 1 aromatic carbocycles. The first kappa shape index (κ1) is 15.6. The van der Waals surface area contributed by atoms with Crippen molar-refractivity contribution in [3.63, 3.8) is 0 Å². The fourth-order valence-corrected chi connectivity index (χ4v) is 1.87. The molecule has 0 saturated heterocycles. The summed E-state index contributed by atoms with van der Waals surface area (Å²) in [4.78, 5) is 2.24. The minimum atomic E-state index is 0.0358. The fourth-order valence-electron chi connectivity index (χ4n) is 1.87. The van der Waals surface area contributed by atoms with Crippen LogP contribution in [-0.4, -0.2) is 51.0 Å². The molecule has 0 aliphatic rings. The van der Waals surface area contributed by atoms with Gasteiger partial charge in [0.15, 0.2) is 11.5 Å². The van der Waals surface area contributed by atoms with E-state index in [9.17, 15) is 5.11 Å². The van der Waals surface area contributed by atoms with Crippen molar-refractivity contribution in [2.75, 3.05) is 41.0 Å². The molecule has 1 rings (SSSR count). The van der Waals surface area contributed by atoms with E-state index in [1.165, 1.54) is 14.2 Å². The van der Waals surface area contributed by atoms with Gasteiger partial charge in [0.05, 0.1) is 20.8 Å². The number of hydrogen-bond donors (Lipinski definition) is 1. The lowest BCUT2D eigenvalue weighted by atomic mass is 10.1. The van der Waals surface area contributed by atoms with Crippen molar-refractivity contribution in [2.24, 2.45) is 0 Å². The summed E-state index contributed by atoms with van der Waals surface area (Å²) >= 11 is 0. The molecule has 0 saturated carbocycles. The fraction of sp³-hybridized carbons (Fsp3) is 0.571. The van der Waals surface area contributed by atoms with E-state index in [0.29, 0.717) is 18.1 Å². The standard InChI is InChI=1S/C14H23NO4/c1-5-15(6-7-17-2)10-11-8-12(18-3)14(16)13(9-11)19-4/h8-9,16H,5-7,10H2,1-4H3. The first-order valence-electron chi connectivity index (χ1n) is 6.31. The van der Waals surface area contributed by atoms with Crippen molar-refractivity contribution < 1.29 is 19.3 Å². The third-order valence-electron chi connectivity index (χ3n) is 3.00. The van der Waals surface area contributed by atoms with E-state index in [1.807, 2.05) is 12.1 Å². The van der Waals surface area contributed by atoms with Gasteiger partial charge in [0.2, 0.25) is 5.75 Å². The summed E-state index contributed by atoms with van der Waals surface area (Å²) in [6.45, 7) is 5.34. The number of likely N-dealkylation sites (N-methyl/N-ethyl adjacent to an activating group) is 1. The molecule has 0 bridgehead atoms.